The molecule has 2 rings (SSSR count). The molecule has 0 bridgehead atoms. The van der Waals surface area contributed by atoms with Crippen LogP contribution in [0.1, 0.15) is 23.0 Å². The molecule has 0 atom stereocenters. The number of aryl methyl sites for hydroxylation is 1. The highest BCUT2D eigenvalue weighted by atomic mass is 16.4. The predicted octanol–water partition coefficient (Wildman–Crippen LogP) is 1.13. The number of nitrogens with zero attached hydrogens (tertiary/aromatic N) is 3. The molecule has 0 fully saturated rings. The number of aromatic nitrogens is 4. The molecule has 0 aromatic carbocycles. The number of carboxylic acids is 1. The number of H-pyrrole nitrogens is 1. The largest absolute Gasteiger partial charge is 0.478 e. The fourth-order valence-electron chi connectivity index (χ4n) is 1.38. The van der Waals surface area contributed by atoms with Crippen molar-refractivity contribution in [3.63, 3.8) is 0 Å². The topological polar surface area (TPSA) is 91.8 Å². The van der Waals surface area contributed by atoms with Crippen LogP contribution >= 0.6 is 0 Å². The number of carbonyl (C=O) groups is 1. The molecule has 0 aliphatic rings. The third-order valence-corrected chi connectivity index (χ3v) is 2.19. The van der Waals surface area contributed by atoms with Gasteiger partial charge in [-0.3, -0.25) is 5.10 Å². The minimum atomic E-state index is -1.00. The first kappa shape index (κ1) is 10.3. The molecule has 0 saturated carbocycles. The van der Waals surface area contributed by atoms with E-state index in [0.29, 0.717) is 17.9 Å². The Morgan fingerprint density at radius 3 is 2.88 bits per heavy atom. The van der Waals surface area contributed by atoms with E-state index < -0.39 is 5.97 Å². The Hall–Kier alpha value is -2.24. The Morgan fingerprint density at radius 2 is 2.31 bits per heavy atom. The summed E-state index contributed by atoms with van der Waals surface area (Å²) in [5, 5.41) is 15.4. The van der Waals surface area contributed by atoms with Gasteiger partial charge in [0.25, 0.3) is 0 Å². The van der Waals surface area contributed by atoms with Crippen LogP contribution < -0.4 is 0 Å². The quantitative estimate of drug-likeness (QED) is 0.805. The lowest BCUT2D eigenvalue weighted by Gasteiger charge is -2.03. The molecule has 0 unspecified atom stereocenters. The van der Waals surface area contributed by atoms with Crippen LogP contribution in [0.4, 0.5) is 0 Å². The second-order valence-electron chi connectivity index (χ2n) is 3.20. The first-order valence-electron chi connectivity index (χ1n) is 4.80. The Morgan fingerprint density at radius 1 is 1.50 bits per heavy atom. The lowest BCUT2D eigenvalue weighted by atomic mass is 10.2. The van der Waals surface area contributed by atoms with Crippen molar-refractivity contribution >= 4 is 5.97 Å². The first-order chi connectivity index (χ1) is 7.72. The van der Waals surface area contributed by atoms with Gasteiger partial charge in [-0.1, -0.05) is 6.92 Å². The smallest absolute Gasteiger partial charge is 0.339 e. The van der Waals surface area contributed by atoms with E-state index >= 15 is 0 Å². The number of aromatic carboxylic acids is 1. The van der Waals surface area contributed by atoms with E-state index in [0.717, 1.165) is 5.56 Å². The van der Waals surface area contributed by atoms with E-state index in [4.69, 9.17) is 5.11 Å². The Bertz CT molecular complexity index is 508. The molecule has 6 nitrogen and oxygen atoms in total. The molecular weight excluding hydrogens is 208 g/mol. The zero-order valence-corrected chi connectivity index (χ0v) is 8.64. The molecule has 0 spiro atoms. The number of aromatic amines is 1. The van der Waals surface area contributed by atoms with Gasteiger partial charge in [-0.2, -0.15) is 5.10 Å². The molecule has 0 saturated heterocycles. The van der Waals surface area contributed by atoms with Crippen molar-refractivity contribution in [2.45, 2.75) is 13.3 Å². The average Bonchev–Trinajstić information content (AvgIpc) is 2.81. The average molecular weight is 218 g/mol. The third kappa shape index (κ3) is 1.77. The highest BCUT2D eigenvalue weighted by Gasteiger charge is 2.13. The highest BCUT2D eigenvalue weighted by molar-refractivity contribution is 5.88. The normalized spacial score (nSPS) is 10.3. The summed E-state index contributed by atoms with van der Waals surface area (Å²) in [4.78, 5) is 19.1. The van der Waals surface area contributed by atoms with Crippen molar-refractivity contribution in [3.8, 4) is 11.4 Å². The number of hydrogen-bond donors (Lipinski definition) is 2. The summed E-state index contributed by atoms with van der Waals surface area (Å²) in [5.74, 6) is -0.522. The van der Waals surface area contributed by atoms with Gasteiger partial charge in [0.1, 0.15) is 0 Å². The van der Waals surface area contributed by atoms with Gasteiger partial charge in [0, 0.05) is 12.4 Å². The number of hydrogen-bond acceptors (Lipinski definition) is 4. The maximum atomic E-state index is 10.9. The zero-order valence-electron chi connectivity index (χ0n) is 8.64. The highest BCUT2D eigenvalue weighted by Crippen LogP contribution is 2.15. The standard InChI is InChI=1S/C10H10N4O2/c1-2-8-7(10(15)16)5-11-9(14-8)6-3-12-13-4-6/h3-5H,2H2,1H3,(H,12,13)(H,15,16). The van der Waals surface area contributed by atoms with Crippen LogP contribution in [0.3, 0.4) is 0 Å². The van der Waals surface area contributed by atoms with Gasteiger partial charge in [-0.15, -0.1) is 0 Å². The van der Waals surface area contributed by atoms with Gasteiger partial charge in [0.15, 0.2) is 5.82 Å². The minimum Gasteiger partial charge on any atom is -0.478 e. The molecule has 82 valence electrons. The molecule has 16 heavy (non-hydrogen) atoms. The van der Waals surface area contributed by atoms with Crippen molar-refractivity contribution in [2.75, 3.05) is 0 Å². The van der Waals surface area contributed by atoms with Crippen molar-refractivity contribution in [1.29, 1.82) is 0 Å². The van der Waals surface area contributed by atoms with Crippen LogP contribution in [0.2, 0.25) is 0 Å². The summed E-state index contributed by atoms with van der Waals surface area (Å²) in [6, 6.07) is 0. The van der Waals surface area contributed by atoms with E-state index in [2.05, 4.69) is 20.2 Å². The second-order valence-corrected chi connectivity index (χ2v) is 3.20. The van der Waals surface area contributed by atoms with E-state index in [1.165, 1.54) is 6.20 Å². The summed E-state index contributed by atoms with van der Waals surface area (Å²) >= 11 is 0. The van der Waals surface area contributed by atoms with Gasteiger partial charge < -0.3 is 5.11 Å². The van der Waals surface area contributed by atoms with Gasteiger partial charge >= 0.3 is 5.97 Å². The lowest BCUT2D eigenvalue weighted by molar-refractivity contribution is 0.0694. The van der Waals surface area contributed by atoms with Crippen LogP contribution in [0.5, 0.6) is 0 Å². The molecule has 2 N–H and O–H groups in total. The maximum Gasteiger partial charge on any atom is 0.339 e. The number of carboxylic acid groups (broad SMARTS) is 1. The molecule has 0 aliphatic heterocycles. The van der Waals surface area contributed by atoms with Crippen LogP contribution in [0, 0.1) is 0 Å². The van der Waals surface area contributed by atoms with Crippen molar-refractivity contribution in [1.82, 2.24) is 20.2 Å². The maximum absolute atomic E-state index is 10.9. The fourth-order valence-corrected chi connectivity index (χ4v) is 1.38. The van der Waals surface area contributed by atoms with E-state index in [1.54, 1.807) is 12.4 Å². The number of nitrogens with one attached hydrogen (secondary N) is 1. The Labute approximate surface area is 91.4 Å². The molecule has 0 amide bonds. The van der Waals surface area contributed by atoms with Gasteiger partial charge in [0.2, 0.25) is 0 Å². The Balaban J connectivity index is 2.49. The predicted molar refractivity (Wildman–Crippen MR) is 56.0 cm³/mol. The van der Waals surface area contributed by atoms with E-state index in [9.17, 15) is 4.79 Å². The molecule has 2 aromatic heterocycles. The molecular formula is C10H10N4O2. The first-order valence-corrected chi connectivity index (χ1v) is 4.80. The van der Waals surface area contributed by atoms with Crippen LogP contribution in [0.25, 0.3) is 11.4 Å². The zero-order chi connectivity index (χ0) is 11.5. The SMILES string of the molecule is CCc1nc(-c2cn[nH]c2)ncc1C(=O)O. The summed E-state index contributed by atoms with van der Waals surface area (Å²) in [5.41, 5.74) is 1.42. The second kappa shape index (κ2) is 4.09. The van der Waals surface area contributed by atoms with Crippen LogP contribution in [-0.4, -0.2) is 31.2 Å². The van der Waals surface area contributed by atoms with Crippen molar-refractivity contribution < 1.29 is 9.90 Å². The fraction of sp³-hybridized carbons (Fsp3) is 0.200. The van der Waals surface area contributed by atoms with E-state index in [1.807, 2.05) is 6.92 Å². The molecule has 6 heteroatoms. The summed E-state index contributed by atoms with van der Waals surface area (Å²) in [6.45, 7) is 1.86. The number of rotatable bonds is 3. The monoisotopic (exact) mass is 218 g/mol. The molecule has 0 aliphatic carbocycles. The summed E-state index contributed by atoms with van der Waals surface area (Å²) < 4.78 is 0. The van der Waals surface area contributed by atoms with E-state index in [-0.39, 0.29) is 5.56 Å². The van der Waals surface area contributed by atoms with Crippen LogP contribution in [-0.2, 0) is 6.42 Å². The van der Waals surface area contributed by atoms with Crippen molar-refractivity contribution in [2.24, 2.45) is 0 Å². The molecule has 0 radical (unpaired) electrons. The Kier molecular flexibility index (Phi) is 2.63. The van der Waals surface area contributed by atoms with Crippen molar-refractivity contribution in [3.05, 3.63) is 29.8 Å². The minimum absolute atomic E-state index is 0.148. The summed E-state index contributed by atoms with van der Waals surface area (Å²) in [6.07, 6.45) is 5.13. The molecule has 2 aromatic rings. The molecule has 2 heterocycles. The summed E-state index contributed by atoms with van der Waals surface area (Å²) in [7, 11) is 0. The lowest BCUT2D eigenvalue weighted by Crippen LogP contribution is -2.06. The van der Waals surface area contributed by atoms with Crippen LogP contribution in [0.15, 0.2) is 18.6 Å². The van der Waals surface area contributed by atoms with Gasteiger partial charge in [0.05, 0.1) is 23.0 Å². The van der Waals surface area contributed by atoms with Gasteiger partial charge in [-0.25, -0.2) is 14.8 Å². The van der Waals surface area contributed by atoms with Gasteiger partial charge in [-0.05, 0) is 6.42 Å². The third-order valence-electron chi connectivity index (χ3n) is 2.19.